The topological polar surface area (TPSA) is 84.9 Å². The summed E-state index contributed by atoms with van der Waals surface area (Å²) in [6, 6.07) is 8.64. The molecule has 1 aromatic rings. The Balaban J connectivity index is 1.93. The number of aliphatic hydroxyl groups is 1. The SMILES string of the molecule is CC1(C)C(=O)O[C@H](CO)[C@@H]1NC(=O)OCc1ccccc1. The number of alkyl carbamates (subject to hydrolysis) is 1. The van der Waals surface area contributed by atoms with E-state index in [1.54, 1.807) is 13.8 Å². The molecule has 1 fully saturated rings. The van der Waals surface area contributed by atoms with Gasteiger partial charge >= 0.3 is 12.1 Å². The summed E-state index contributed by atoms with van der Waals surface area (Å²) >= 11 is 0. The van der Waals surface area contributed by atoms with Gasteiger partial charge in [-0.2, -0.15) is 0 Å². The molecule has 114 valence electrons. The van der Waals surface area contributed by atoms with Gasteiger partial charge in [0.05, 0.1) is 18.1 Å². The number of carbonyl (C=O) groups excluding carboxylic acids is 2. The van der Waals surface area contributed by atoms with Crippen LogP contribution in [-0.2, 0) is 20.9 Å². The van der Waals surface area contributed by atoms with E-state index in [-0.39, 0.29) is 13.2 Å². The fourth-order valence-corrected chi connectivity index (χ4v) is 2.26. The number of rotatable bonds is 4. The molecule has 1 amide bonds. The van der Waals surface area contributed by atoms with Gasteiger partial charge in [-0.25, -0.2) is 4.79 Å². The van der Waals surface area contributed by atoms with Crippen LogP contribution in [0.4, 0.5) is 4.79 Å². The molecule has 1 aliphatic rings. The predicted octanol–water partition coefficient (Wildman–Crippen LogP) is 1.23. The van der Waals surface area contributed by atoms with Crippen LogP contribution in [0.15, 0.2) is 30.3 Å². The lowest BCUT2D eigenvalue weighted by Gasteiger charge is -2.25. The maximum absolute atomic E-state index is 11.8. The van der Waals surface area contributed by atoms with Crippen LogP contribution in [0.1, 0.15) is 19.4 Å². The number of aliphatic hydroxyl groups excluding tert-OH is 1. The molecular formula is C15H19NO5. The van der Waals surface area contributed by atoms with Gasteiger partial charge in [0.1, 0.15) is 12.7 Å². The van der Waals surface area contributed by atoms with Crippen LogP contribution in [0.2, 0.25) is 0 Å². The smallest absolute Gasteiger partial charge is 0.407 e. The highest BCUT2D eigenvalue weighted by atomic mass is 16.6. The average molecular weight is 293 g/mol. The zero-order valence-electron chi connectivity index (χ0n) is 12.0. The third-order valence-electron chi connectivity index (χ3n) is 3.60. The Kier molecular flexibility index (Phi) is 4.47. The molecule has 0 saturated carbocycles. The van der Waals surface area contributed by atoms with Gasteiger partial charge in [0.15, 0.2) is 0 Å². The lowest BCUT2D eigenvalue weighted by Crippen LogP contribution is -2.49. The first kappa shape index (κ1) is 15.3. The summed E-state index contributed by atoms with van der Waals surface area (Å²) in [5.74, 6) is -0.449. The first-order valence-corrected chi connectivity index (χ1v) is 6.74. The second kappa shape index (κ2) is 6.13. The van der Waals surface area contributed by atoms with Crippen molar-refractivity contribution in [1.82, 2.24) is 5.32 Å². The second-order valence-corrected chi connectivity index (χ2v) is 5.53. The summed E-state index contributed by atoms with van der Waals surface area (Å²) in [6.07, 6.45) is -1.40. The van der Waals surface area contributed by atoms with Gasteiger partial charge in [0, 0.05) is 0 Å². The van der Waals surface area contributed by atoms with E-state index in [0.29, 0.717) is 0 Å². The number of benzene rings is 1. The summed E-state index contributed by atoms with van der Waals surface area (Å²) < 4.78 is 10.2. The van der Waals surface area contributed by atoms with Crippen molar-refractivity contribution >= 4 is 12.1 Å². The van der Waals surface area contributed by atoms with Gasteiger partial charge in [-0.15, -0.1) is 0 Å². The summed E-state index contributed by atoms with van der Waals surface area (Å²) in [5, 5.41) is 11.8. The Morgan fingerprint density at radius 1 is 1.38 bits per heavy atom. The second-order valence-electron chi connectivity index (χ2n) is 5.53. The Labute approximate surface area is 123 Å². The molecule has 1 heterocycles. The van der Waals surface area contributed by atoms with Crippen LogP contribution in [0.5, 0.6) is 0 Å². The van der Waals surface area contributed by atoms with E-state index in [0.717, 1.165) is 5.56 Å². The lowest BCUT2D eigenvalue weighted by atomic mass is 9.84. The zero-order valence-corrected chi connectivity index (χ0v) is 12.0. The Hall–Kier alpha value is -2.08. The number of nitrogens with one attached hydrogen (secondary N) is 1. The molecule has 2 atom stereocenters. The highest BCUT2D eigenvalue weighted by molar-refractivity contribution is 5.81. The molecule has 6 heteroatoms. The van der Waals surface area contributed by atoms with Crippen molar-refractivity contribution in [2.75, 3.05) is 6.61 Å². The van der Waals surface area contributed by atoms with Crippen molar-refractivity contribution in [3.05, 3.63) is 35.9 Å². The molecule has 2 rings (SSSR count). The third-order valence-corrected chi connectivity index (χ3v) is 3.60. The van der Waals surface area contributed by atoms with Crippen molar-refractivity contribution in [1.29, 1.82) is 0 Å². The number of amides is 1. The maximum atomic E-state index is 11.8. The molecule has 2 N–H and O–H groups in total. The van der Waals surface area contributed by atoms with E-state index in [1.807, 2.05) is 30.3 Å². The van der Waals surface area contributed by atoms with Gasteiger partial charge in [0.2, 0.25) is 0 Å². The summed E-state index contributed by atoms with van der Waals surface area (Å²) in [4.78, 5) is 23.6. The van der Waals surface area contributed by atoms with Crippen molar-refractivity contribution in [3.63, 3.8) is 0 Å². The molecule has 21 heavy (non-hydrogen) atoms. The number of carbonyl (C=O) groups is 2. The average Bonchev–Trinajstić information content (AvgIpc) is 2.69. The Morgan fingerprint density at radius 2 is 2.05 bits per heavy atom. The molecule has 0 radical (unpaired) electrons. The predicted molar refractivity (Wildman–Crippen MR) is 74.3 cm³/mol. The Bertz CT molecular complexity index is 514. The number of cyclic esters (lactones) is 1. The normalized spacial score (nSPS) is 23.5. The maximum Gasteiger partial charge on any atom is 0.407 e. The summed E-state index contributed by atoms with van der Waals surface area (Å²) in [5.41, 5.74) is -0.0385. The molecular weight excluding hydrogens is 274 g/mol. The molecule has 0 spiro atoms. The number of hydrogen-bond acceptors (Lipinski definition) is 5. The van der Waals surface area contributed by atoms with Gasteiger partial charge in [0.25, 0.3) is 0 Å². The van der Waals surface area contributed by atoms with E-state index in [4.69, 9.17) is 9.47 Å². The molecule has 1 aromatic carbocycles. The van der Waals surface area contributed by atoms with Crippen molar-refractivity contribution < 1.29 is 24.2 Å². The molecule has 1 saturated heterocycles. The largest absolute Gasteiger partial charge is 0.457 e. The highest BCUT2D eigenvalue weighted by Gasteiger charge is 2.51. The van der Waals surface area contributed by atoms with Crippen molar-refractivity contribution in [2.24, 2.45) is 5.41 Å². The van der Waals surface area contributed by atoms with E-state index in [9.17, 15) is 14.7 Å². The van der Waals surface area contributed by atoms with Crippen LogP contribution < -0.4 is 5.32 Å². The summed E-state index contributed by atoms with van der Waals surface area (Å²) in [6.45, 7) is 3.11. The van der Waals surface area contributed by atoms with Gasteiger partial charge < -0.3 is 19.9 Å². The van der Waals surface area contributed by atoms with E-state index < -0.39 is 29.6 Å². The highest BCUT2D eigenvalue weighted by Crippen LogP contribution is 2.33. The van der Waals surface area contributed by atoms with Crippen LogP contribution in [0.25, 0.3) is 0 Å². The number of ether oxygens (including phenoxy) is 2. The molecule has 0 aromatic heterocycles. The molecule has 0 aliphatic carbocycles. The quantitative estimate of drug-likeness (QED) is 0.815. The van der Waals surface area contributed by atoms with Crippen LogP contribution in [-0.4, -0.2) is 35.9 Å². The molecule has 0 unspecified atom stereocenters. The fraction of sp³-hybridized carbons (Fsp3) is 0.467. The van der Waals surface area contributed by atoms with Crippen LogP contribution in [0.3, 0.4) is 0 Å². The summed E-state index contributed by atoms with van der Waals surface area (Å²) in [7, 11) is 0. The van der Waals surface area contributed by atoms with Gasteiger partial charge in [-0.1, -0.05) is 30.3 Å². The molecule has 6 nitrogen and oxygen atoms in total. The molecule has 1 aliphatic heterocycles. The first-order chi connectivity index (χ1) is 9.95. The minimum Gasteiger partial charge on any atom is -0.457 e. The lowest BCUT2D eigenvalue weighted by molar-refractivity contribution is -0.148. The Morgan fingerprint density at radius 3 is 2.67 bits per heavy atom. The molecule has 0 bridgehead atoms. The van der Waals surface area contributed by atoms with Crippen molar-refractivity contribution in [3.8, 4) is 0 Å². The van der Waals surface area contributed by atoms with Crippen molar-refractivity contribution in [2.45, 2.75) is 32.6 Å². The van der Waals surface area contributed by atoms with E-state index in [2.05, 4.69) is 5.32 Å². The third kappa shape index (κ3) is 3.33. The van der Waals surface area contributed by atoms with Crippen LogP contribution in [0, 0.1) is 5.41 Å². The van der Waals surface area contributed by atoms with E-state index >= 15 is 0 Å². The van der Waals surface area contributed by atoms with Crippen LogP contribution >= 0.6 is 0 Å². The first-order valence-electron chi connectivity index (χ1n) is 6.74. The minimum absolute atomic E-state index is 0.137. The fourth-order valence-electron chi connectivity index (χ4n) is 2.26. The van der Waals surface area contributed by atoms with Gasteiger partial charge in [-0.3, -0.25) is 4.79 Å². The van der Waals surface area contributed by atoms with Gasteiger partial charge in [-0.05, 0) is 19.4 Å². The van der Waals surface area contributed by atoms with E-state index in [1.165, 1.54) is 0 Å². The standard InChI is InChI=1S/C15H19NO5/c1-15(2)12(11(8-17)21-13(15)18)16-14(19)20-9-10-6-4-3-5-7-10/h3-7,11-12,17H,8-9H2,1-2H3,(H,16,19)/t11-,12+/m1/s1. The monoisotopic (exact) mass is 293 g/mol. The number of esters is 1. The minimum atomic E-state index is -0.904. The number of hydrogen-bond donors (Lipinski definition) is 2. The zero-order chi connectivity index (χ0) is 15.5.